The maximum absolute atomic E-state index is 7.46. The van der Waals surface area contributed by atoms with Crippen LogP contribution in [0, 0.1) is 11.3 Å². The maximum atomic E-state index is 7.46. The van der Waals surface area contributed by atoms with Gasteiger partial charge in [0.05, 0.1) is 12.9 Å². The normalized spacial score (nSPS) is 17.8. The van der Waals surface area contributed by atoms with E-state index in [1.165, 1.54) is 5.69 Å². The second-order valence-electron chi connectivity index (χ2n) is 5.34. The summed E-state index contributed by atoms with van der Waals surface area (Å²) in [6.07, 6.45) is 0. The maximum Gasteiger partial charge on any atom is 0.119 e. The molecule has 1 heterocycles. The Labute approximate surface area is 120 Å². The van der Waals surface area contributed by atoms with Crippen molar-refractivity contribution < 1.29 is 4.74 Å². The number of hydrogen-bond acceptors (Lipinski definition) is 4. The molecule has 1 aliphatic rings. The second-order valence-corrected chi connectivity index (χ2v) is 5.34. The number of methoxy groups -OCH3 is 1. The average molecular weight is 276 g/mol. The Hall–Kier alpha value is -1.75. The van der Waals surface area contributed by atoms with Crippen molar-refractivity contribution in [1.29, 1.82) is 5.41 Å². The molecule has 20 heavy (non-hydrogen) atoms. The van der Waals surface area contributed by atoms with Crippen molar-refractivity contribution in [2.75, 3.05) is 44.7 Å². The minimum atomic E-state index is 0.141. The van der Waals surface area contributed by atoms with Crippen LogP contribution in [-0.2, 0) is 0 Å². The highest BCUT2D eigenvalue weighted by molar-refractivity contribution is 5.79. The summed E-state index contributed by atoms with van der Waals surface area (Å²) in [4.78, 5) is 4.76. The molecule has 0 bridgehead atoms. The fraction of sp³-hybridized carbons (Fsp3) is 0.533. The van der Waals surface area contributed by atoms with Crippen LogP contribution in [0.15, 0.2) is 24.3 Å². The summed E-state index contributed by atoms with van der Waals surface area (Å²) in [6.45, 7) is 6.95. The van der Waals surface area contributed by atoms with Gasteiger partial charge in [0.2, 0.25) is 0 Å². The van der Waals surface area contributed by atoms with E-state index < -0.39 is 0 Å². The first-order valence-electron chi connectivity index (χ1n) is 7.05. The van der Waals surface area contributed by atoms with Crippen molar-refractivity contribution in [2.45, 2.75) is 6.92 Å². The summed E-state index contributed by atoms with van der Waals surface area (Å²) >= 11 is 0. The van der Waals surface area contributed by atoms with Gasteiger partial charge in [0.25, 0.3) is 0 Å². The fourth-order valence-electron chi connectivity index (χ4n) is 2.47. The van der Waals surface area contributed by atoms with Gasteiger partial charge in [-0.1, -0.05) is 6.92 Å². The number of anilines is 1. The molecule has 0 aromatic heterocycles. The predicted molar refractivity (Wildman–Crippen MR) is 82.7 cm³/mol. The van der Waals surface area contributed by atoms with Gasteiger partial charge in [0.1, 0.15) is 5.75 Å². The van der Waals surface area contributed by atoms with E-state index in [1.54, 1.807) is 7.11 Å². The van der Waals surface area contributed by atoms with Crippen LogP contribution in [0.25, 0.3) is 0 Å². The molecule has 0 saturated carbocycles. The third-order valence-electron chi connectivity index (χ3n) is 3.87. The molecule has 1 saturated heterocycles. The monoisotopic (exact) mass is 276 g/mol. The smallest absolute Gasteiger partial charge is 0.119 e. The van der Waals surface area contributed by atoms with E-state index in [1.807, 2.05) is 19.1 Å². The molecule has 1 aromatic carbocycles. The van der Waals surface area contributed by atoms with Gasteiger partial charge in [0, 0.05) is 44.3 Å². The molecule has 110 valence electrons. The molecule has 0 amide bonds. The van der Waals surface area contributed by atoms with Crippen LogP contribution in [0.2, 0.25) is 0 Å². The zero-order valence-electron chi connectivity index (χ0n) is 12.3. The summed E-state index contributed by atoms with van der Waals surface area (Å²) in [6, 6.07) is 8.21. The molecule has 1 aromatic rings. The number of hydrogen-bond donors (Lipinski definition) is 2. The highest BCUT2D eigenvalue weighted by Crippen LogP contribution is 2.20. The molecular weight excluding hydrogens is 252 g/mol. The molecule has 0 spiro atoms. The van der Waals surface area contributed by atoms with Crippen molar-refractivity contribution >= 4 is 11.5 Å². The van der Waals surface area contributed by atoms with Gasteiger partial charge in [-0.05, 0) is 24.3 Å². The summed E-state index contributed by atoms with van der Waals surface area (Å²) in [5, 5.41) is 7.46. The standard InChI is InChI=1S/C15H24N4O/c1-12(15(16)17)11-18-7-9-19(10-8-18)13-3-5-14(20-2)6-4-13/h3-6,12H,7-11H2,1-2H3,(H3,16,17). The number of rotatable bonds is 5. The van der Waals surface area contributed by atoms with Gasteiger partial charge in [-0.3, -0.25) is 10.3 Å². The van der Waals surface area contributed by atoms with Crippen LogP contribution < -0.4 is 15.4 Å². The third-order valence-corrected chi connectivity index (χ3v) is 3.87. The number of nitrogens with one attached hydrogen (secondary N) is 1. The van der Waals surface area contributed by atoms with E-state index in [4.69, 9.17) is 15.9 Å². The van der Waals surface area contributed by atoms with Crippen molar-refractivity contribution in [3.05, 3.63) is 24.3 Å². The molecule has 5 heteroatoms. The number of benzene rings is 1. The molecule has 0 radical (unpaired) electrons. The molecule has 5 nitrogen and oxygen atoms in total. The van der Waals surface area contributed by atoms with E-state index >= 15 is 0 Å². The Morgan fingerprint density at radius 1 is 1.25 bits per heavy atom. The quantitative estimate of drug-likeness (QED) is 0.630. The minimum absolute atomic E-state index is 0.141. The Morgan fingerprint density at radius 3 is 2.35 bits per heavy atom. The average Bonchev–Trinajstić information content (AvgIpc) is 2.48. The number of amidine groups is 1. The van der Waals surface area contributed by atoms with Gasteiger partial charge >= 0.3 is 0 Å². The van der Waals surface area contributed by atoms with Gasteiger partial charge in [-0.25, -0.2) is 0 Å². The largest absolute Gasteiger partial charge is 0.497 e. The summed E-state index contributed by atoms with van der Waals surface area (Å²) < 4.78 is 5.18. The van der Waals surface area contributed by atoms with E-state index in [2.05, 4.69) is 21.9 Å². The lowest BCUT2D eigenvalue weighted by Crippen LogP contribution is -2.48. The lowest BCUT2D eigenvalue weighted by Gasteiger charge is -2.37. The van der Waals surface area contributed by atoms with Crippen molar-refractivity contribution in [3.63, 3.8) is 0 Å². The fourth-order valence-corrected chi connectivity index (χ4v) is 2.47. The van der Waals surface area contributed by atoms with Crippen LogP contribution in [0.1, 0.15) is 6.92 Å². The van der Waals surface area contributed by atoms with Gasteiger partial charge < -0.3 is 15.4 Å². The second kappa shape index (κ2) is 6.61. The topological polar surface area (TPSA) is 65.6 Å². The van der Waals surface area contributed by atoms with Crippen molar-refractivity contribution in [2.24, 2.45) is 11.7 Å². The molecule has 0 aliphatic carbocycles. The number of nitrogens with two attached hydrogens (primary N) is 1. The van der Waals surface area contributed by atoms with Gasteiger partial charge in [0.15, 0.2) is 0 Å². The number of ether oxygens (including phenoxy) is 1. The molecule has 1 atom stereocenters. The lowest BCUT2D eigenvalue weighted by molar-refractivity contribution is 0.243. The predicted octanol–water partition coefficient (Wildman–Crippen LogP) is 1.39. The Bertz CT molecular complexity index is 438. The highest BCUT2D eigenvalue weighted by atomic mass is 16.5. The Kier molecular flexibility index (Phi) is 4.84. The molecule has 1 aliphatic heterocycles. The van der Waals surface area contributed by atoms with E-state index in [9.17, 15) is 0 Å². The summed E-state index contributed by atoms with van der Waals surface area (Å²) in [5.74, 6) is 1.31. The summed E-state index contributed by atoms with van der Waals surface area (Å²) in [5.41, 5.74) is 6.77. The van der Waals surface area contributed by atoms with E-state index in [-0.39, 0.29) is 11.8 Å². The summed E-state index contributed by atoms with van der Waals surface area (Å²) in [7, 11) is 1.68. The SMILES string of the molecule is COc1ccc(N2CCN(CC(C)C(=N)N)CC2)cc1. The van der Waals surface area contributed by atoms with Gasteiger partial charge in [-0.2, -0.15) is 0 Å². The number of piperazine rings is 1. The minimum Gasteiger partial charge on any atom is -0.497 e. The first-order chi connectivity index (χ1) is 9.60. The van der Waals surface area contributed by atoms with Crippen LogP contribution >= 0.6 is 0 Å². The molecule has 2 rings (SSSR count). The third kappa shape index (κ3) is 3.63. The van der Waals surface area contributed by atoms with E-state index in [0.717, 1.165) is 38.5 Å². The van der Waals surface area contributed by atoms with Crippen LogP contribution in [0.3, 0.4) is 0 Å². The van der Waals surface area contributed by atoms with Crippen LogP contribution in [0.5, 0.6) is 5.75 Å². The van der Waals surface area contributed by atoms with Crippen LogP contribution in [0.4, 0.5) is 5.69 Å². The zero-order chi connectivity index (χ0) is 14.5. The van der Waals surface area contributed by atoms with Gasteiger partial charge in [-0.15, -0.1) is 0 Å². The van der Waals surface area contributed by atoms with Crippen LogP contribution in [-0.4, -0.2) is 50.6 Å². The molecule has 1 unspecified atom stereocenters. The molecular formula is C15H24N4O. The Balaban J connectivity index is 1.85. The molecule has 3 N–H and O–H groups in total. The lowest BCUT2D eigenvalue weighted by atomic mass is 10.1. The van der Waals surface area contributed by atoms with Crippen molar-refractivity contribution in [3.8, 4) is 5.75 Å². The number of nitrogens with zero attached hydrogens (tertiary/aromatic N) is 2. The van der Waals surface area contributed by atoms with E-state index in [0.29, 0.717) is 0 Å². The molecule has 1 fully saturated rings. The first kappa shape index (κ1) is 14.7. The zero-order valence-corrected chi connectivity index (χ0v) is 12.3. The van der Waals surface area contributed by atoms with Crippen molar-refractivity contribution in [1.82, 2.24) is 4.90 Å². The first-order valence-corrected chi connectivity index (χ1v) is 7.05. The Morgan fingerprint density at radius 2 is 1.85 bits per heavy atom. The highest BCUT2D eigenvalue weighted by Gasteiger charge is 2.19.